The average Bonchev–Trinajstić information content (AvgIpc) is 2.90. The first kappa shape index (κ1) is 15.7. The minimum atomic E-state index is 0.0444. The number of hydrogen-bond donors (Lipinski definition) is 2. The van der Waals surface area contributed by atoms with Crippen LogP contribution in [0.2, 0.25) is 10.0 Å². The van der Waals surface area contributed by atoms with Gasteiger partial charge in [0.1, 0.15) is 0 Å². The summed E-state index contributed by atoms with van der Waals surface area (Å²) in [6.07, 6.45) is 1.86. The highest BCUT2D eigenvalue weighted by atomic mass is 35.5. The van der Waals surface area contributed by atoms with Gasteiger partial charge in [-0.25, -0.2) is 0 Å². The largest absolute Gasteiger partial charge is 0.271 e. The molecule has 0 fully saturated rings. The molecule has 1 aromatic heterocycles. The third kappa shape index (κ3) is 3.41. The van der Waals surface area contributed by atoms with E-state index in [4.69, 9.17) is 29.0 Å². The number of thioether (sulfide) groups is 1. The van der Waals surface area contributed by atoms with Crippen LogP contribution in [-0.4, -0.2) is 5.75 Å². The lowest BCUT2D eigenvalue weighted by atomic mass is 10.0. The molecule has 0 amide bonds. The SMILES string of the molecule is NNC(Cc1c(Cl)cccc1Cl)c1cc2c(s1)CCSC2. The Morgan fingerprint density at radius 3 is 2.71 bits per heavy atom. The first-order valence-electron chi connectivity index (χ1n) is 6.77. The predicted octanol–water partition coefficient (Wildman–Crippen LogP) is 4.59. The van der Waals surface area contributed by atoms with E-state index in [1.807, 2.05) is 41.3 Å². The first-order valence-corrected chi connectivity index (χ1v) is 9.50. The molecule has 2 aromatic rings. The maximum atomic E-state index is 6.27. The van der Waals surface area contributed by atoms with Crippen molar-refractivity contribution < 1.29 is 0 Å². The Bertz CT molecular complexity index is 599. The highest BCUT2D eigenvalue weighted by Gasteiger charge is 2.20. The van der Waals surface area contributed by atoms with Gasteiger partial charge >= 0.3 is 0 Å². The fourth-order valence-corrected chi connectivity index (χ4v) is 5.50. The van der Waals surface area contributed by atoms with Gasteiger partial charge in [-0.15, -0.1) is 11.3 Å². The van der Waals surface area contributed by atoms with Crippen LogP contribution in [0.5, 0.6) is 0 Å². The van der Waals surface area contributed by atoms with Gasteiger partial charge in [0.05, 0.1) is 6.04 Å². The fraction of sp³-hybridized carbons (Fsp3) is 0.333. The van der Waals surface area contributed by atoms with Gasteiger partial charge in [-0.1, -0.05) is 29.3 Å². The van der Waals surface area contributed by atoms with E-state index in [-0.39, 0.29) is 6.04 Å². The zero-order valence-corrected chi connectivity index (χ0v) is 14.5. The molecule has 3 rings (SSSR count). The monoisotopic (exact) mass is 358 g/mol. The number of nitrogens with two attached hydrogens (primary N) is 1. The number of hydrogen-bond acceptors (Lipinski definition) is 4. The lowest BCUT2D eigenvalue weighted by Crippen LogP contribution is -2.29. The molecule has 1 atom stereocenters. The smallest absolute Gasteiger partial charge is 0.0594 e. The summed E-state index contributed by atoms with van der Waals surface area (Å²) in [6, 6.07) is 7.92. The molecule has 0 spiro atoms. The number of aryl methyl sites for hydroxylation is 1. The summed E-state index contributed by atoms with van der Waals surface area (Å²) in [5, 5.41) is 1.39. The topological polar surface area (TPSA) is 38.0 Å². The molecule has 0 bridgehead atoms. The summed E-state index contributed by atoms with van der Waals surface area (Å²) < 4.78 is 0. The summed E-state index contributed by atoms with van der Waals surface area (Å²) in [7, 11) is 0. The minimum absolute atomic E-state index is 0.0444. The molecule has 0 saturated heterocycles. The number of rotatable bonds is 4. The molecule has 1 unspecified atom stereocenters. The van der Waals surface area contributed by atoms with Crippen molar-refractivity contribution in [2.24, 2.45) is 5.84 Å². The van der Waals surface area contributed by atoms with Gasteiger partial charge in [0.15, 0.2) is 0 Å². The normalized spacial score (nSPS) is 15.8. The molecule has 1 aliphatic rings. The van der Waals surface area contributed by atoms with Crippen molar-refractivity contribution in [2.45, 2.75) is 24.6 Å². The van der Waals surface area contributed by atoms with Gasteiger partial charge in [-0.2, -0.15) is 11.8 Å². The van der Waals surface area contributed by atoms with Crippen molar-refractivity contribution in [2.75, 3.05) is 5.75 Å². The lowest BCUT2D eigenvalue weighted by molar-refractivity contribution is 0.560. The number of fused-ring (bicyclic) bond motifs is 1. The standard InChI is InChI=1S/C15H16Cl2N2S2/c16-11-2-1-3-12(17)10(11)7-13(19-18)15-6-9-8-20-5-4-14(9)21-15/h1-3,6,13,19H,4-5,7-8,18H2. The Morgan fingerprint density at radius 2 is 2.05 bits per heavy atom. The molecular formula is C15H16Cl2N2S2. The summed E-state index contributed by atoms with van der Waals surface area (Å²) in [5.41, 5.74) is 5.32. The van der Waals surface area contributed by atoms with Gasteiger partial charge in [0.25, 0.3) is 0 Å². The third-order valence-electron chi connectivity index (χ3n) is 3.66. The second kappa shape index (κ2) is 6.90. The number of hydrazine groups is 1. The molecule has 0 radical (unpaired) electrons. The van der Waals surface area contributed by atoms with E-state index in [2.05, 4.69) is 11.5 Å². The van der Waals surface area contributed by atoms with Gasteiger partial charge in [-0.05, 0) is 47.9 Å². The molecule has 112 valence electrons. The van der Waals surface area contributed by atoms with Crippen LogP contribution in [0.1, 0.15) is 26.9 Å². The summed E-state index contributed by atoms with van der Waals surface area (Å²) in [6.45, 7) is 0. The Balaban J connectivity index is 1.87. The molecule has 2 nitrogen and oxygen atoms in total. The molecule has 2 heterocycles. The van der Waals surface area contributed by atoms with Crippen LogP contribution in [0, 0.1) is 0 Å². The Kier molecular flexibility index (Phi) is 5.15. The Labute approximate surface area is 143 Å². The minimum Gasteiger partial charge on any atom is -0.271 e. The maximum Gasteiger partial charge on any atom is 0.0594 e. The molecule has 1 aliphatic heterocycles. The highest BCUT2D eigenvalue weighted by Crippen LogP contribution is 2.36. The van der Waals surface area contributed by atoms with Crippen LogP contribution in [0.25, 0.3) is 0 Å². The molecular weight excluding hydrogens is 343 g/mol. The fourth-order valence-electron chi connectivity index (χ4n) is 2.52. The zero-order valence-electron chi connectivity index (χ0n) is 11.4. The van der Waals surface area contributed by atoms with Gasteiger partial charge < -0.3 is 0 Å². The molecule has 21 heavy (non-hydrogen) atoms. The molecule has 0 aliphatic carbocycles. The number of thiophene rings is 1. The van der Waals surface area contributed by atoms with Crippen molar-refractivity contribution in [3.05, 3.63) is 55.2 Å². The van der Waals surface area contributed by atoms with Crippen molar-refractivity contribution >= 4 is 46.3 Å². The average molecular weight is 359 g/mol. The van der Waals surface area contributed by atoms with E-state index in [9.17, 15) is 0 Å². The van der Waals surface area contributed by atoms with Crippen molar-refractivity contribution in [1.82, 2.24) is 5.43 Å². The van der Waals surface area contributed by atoms with Gasteiger partial charge in [0, 0.05) is 25.6 Å². The summed E-state index contributed by atoms with van der Waals surface area (Å²) >= 11 is 16.4. The van der Waals surface area contributed by atoms with E-state index in [1.54, 1.807) is 0 Å². The van der Waals surface area contributed by atoms with Crippen LogP contribution < -0.4 is 11.3 Å². The van der Waals surface area contributed by atoms with E-state index in [0.717, 1.165) is 17.7 Å². The summed E-state index contributed by atoms with van der Waals surface area (Å²) in [5.74, 6) is 8.10. The van der Waals surface area contributed by atoms with Crippen LogP contribution in [0.3, 0.4) is 0 Å². The highest BCUT2D eigenvalue weighted by molar-refractivity contribution is 7.98. The zero-order chi connectivity index (χ0) is 14.8. The third-order valence-corrected chi connectivity index (χ3v) is 6.73. The number of halogens is 2. The first-order chi connectivity index (χ1) is 10.2. The summed E-state index contributed by atoms with van der Waals surface area (Å²) in [4.78, 5) is 2.76. The molecule has 1 aromatic carbocycles. The van der Waals surface area contributed by atoms with Crippen LogP contribution in [0.4, 0.5) is 0 Å². The van der Waals surface area contributed by atoms with E-state index in [0.29, 0.717) is 16.5 Å². The lowest BCUT2D eigenvalue weighted by Gasteiger charge is -2.16. The van der Waals surface area contributed by atoms with Crippen molar-refractivity contribution in [1.29, 1.82) is 0 Å². The molecule has 6 heteroatoms. The van der Waals surface area contributed by atoms with E-state index < -0.39 is 0 Å². The van der Waals surface area contributed by atoms with Crippen molar-refractivity contribution in [3.63, 3.8) is 0 Å². The van der Waals surface area contributed by atoms with Crippen molar-refractivity contribution in [3.8, 4) is 0 Å². The van der Waals surface area contributed by atoms with E-state index >= 15 is 0 Å². The van der Waals surface area contributed by atoms with E-state index in [1.165, 1.54) is 21.1 Å². The molecule has 0 saturated carbocycles. The maximum absolute atomic E-state index is 6.27. The van der Waals surface area contributed by atoms with Crippen LogP contribution >= 0.6 is 46.3 Å². The number of nitrogens with one attached hydrogen (secondary N) is 1. The van der Waals surface area contributed by atoms with Crippen LogP contribution in [0.15, 0.2) is 24.3 Å². The Morgan fingerprint density at radius 1 is 1.29 bits per heavy atom. The van der Waals surface area contributed by atoms with Crippen LogP contribution in [-0.2, 0) is 18.6 Å². The quantitative estimate of drug-likeness (QED) is 0.619. The predicted molar refractivity (Wildman–Crippen MR) is 94.4 cm³/mol. The molecule has 3 N–H and O–H groups in total. The van der Waals surface area contributed by atoms with Gasteiger partial charge in [0.2, 0.25) is 0 Å². The second-order valence-electron chi connectivity index (χ2n) is 5.02. The second-order valence-corrected chi connectivity index (χ2v) is 8.11. The van der Waals surface area contributed by atoms with Gasteiger partial charge in [-0.3, -0.25) is 11.3 Å². The Hall–Kier alpha value is -0.230. The number of benzene rings is 1.